The van der Waals surface area contributed by atoms with Crippen LogP contribution in [0.2, 0.25) is 0 Å². The molecule has 0 aliphatic heterocycles. The molecule has 0 radical (unpaired) electrons. The van der Waals surface area contributed by atoms with Gasteiger partial charge in [-0.05, 0) is 80.6 Å². The van der Waals surface area contributed by atoms with E-state index in [1.165, 1.54) is 18.3 Å². The maximum atomic E-state index is 2.32. The quantitative estimate of drug-likeness (QED) is 0.626. The van der Waals surface area contributed by atoms with Crippen LogP contribution in [0.5, 0.6) is 0 Å². The van der Waals surface area contributed by atoms with Gasteiger partial charge in [0.15, 0.2) is 0 Å². The number of halogens is 2. The van der Waals surface area contributed by atoms with E-state index in [2.05, 4.69) is 93.7 Å². The van der Waals surface area contributed by atoms with Gasteiger partial charge in [-0.15, -0.1) is 0 Å². The van der Waals surface area contributed by atoms with Gasteiger partial charge in [-0.3, -0.25) is 0 Å². The SMILES string of the molecule is Ic1ccc(-c2ccc(I)cc2)cc1.O. The normalized spacial score (nSPS) is 9.47. The molecule has 0 unspecified atom stereocenters. The van der Waals surface area contributed by atoms with E-state index < -0.39 is 0 Å². The van der Waals surface area contributed by atoms with Crippen LogP contribution in [-0.2, 0) is 0 Å². The van der Waals surface area contributed by atoms with Gasteiger partial charge in [-0.25, -0.2) is 0 Å². The summed E-state index contributed by atoms with van der Waals surface area (Å²) in [4.78, 5) is 0. The molecule has 0 saturated carbocycles. The lowest BCUT2D eigenvalue weighted by Crippen LogP contribution is -1.78. The Bertz CT molecular complexity index is 377. The molecule has 0 fully saturated rings. The maximum Gasteiger partial charge on any atom is 0.0130 e. The average molecular weight is 424 g/mol. The highest BCUT2D eigenvalue weighted by molar-refractivity contribution is 14.1. The van der Waals surface area contributed by atoms with Crippen molar-refractivity contribution in [3.05, 3.63) is 55.7 Å². The lowest BCUT2D eigenvalue weighted by Gasteiger charge is -2.01. The summed E-state index contributed by atoms with van der Waals surface area (Å²) in [5, 5.41) is 0. The van der Waals surface area contributed by atoms with Crippen LogP contribution in [-0.4, -0.2) is 5.48 Å². The first kappa shape index (κ1) is 12.9. The summed E-state index contributed by atoms with van der Waals surface area (Å²) in [6, 6.07) is 17.2. The van der Waals surface area contributed by atoms with E-state index >= 15 is 0 Å². The first-order valence-corrected chi connectivity index (χ1v) is 6.43. The summed E-state index contributed by atoms with van der Waals surface area (Å²) >= 11 is 4.64. The second-order valence-corrected chi connectivity index (χ2v) is 5.51. The molecule has 0 aromatic heterocycles. The molecule has 0 saturated heterocycles. The monoisotopic (exact) mass is 424 g/mol. The zero-order valence-electron chi connectivity index (χ0n) is 7.87. The molecule has 0 spiro atoms. The Hall–Kier alpha value is -0.140. The molecule has 0 aliphatic carbocycles. The summed E-state index contributed by atoms with van der Waals surface area (Å²) in [6.45, 7) is 0. The van der Waals surface area contributed by atoms with Crippen LogP contribution in [0.3, 0.4) is 0 Å². The van der Waals surface area contributed by atoms with Crippen molar-refractivity contribution >= 4 is 45.2 Å². The van der Waals surface area contributed by atoms with E-state index in [1.54, 1.807) is 0 Å². The first-order chi connectivity index (χ1) is 6.75. The number of hydrogen-bond acceptors (Lipinski definition) is 0. The summed E-state index contributed by atoms with van der Waals surface area (Å²) in [6.07, 6.45) is 0. The van der Waals surface area contributed by atoms with Crippen molar-refractivity contribution in [3.8, 4) is 11.1 Å². The predicted octanol–water partition coefficient (Wildman–Crippen LogP) is 3.74. The van der Waals surface area contributed by atoms with E-state index in [0.717, 1.165) is 0 Å². The van der Waals surface area contributed by atoms with Crippen molar-refractivity contribution in [2.45, 2.75) is 0 Å². The standard InChI is InChI=1S/C12H8I2.H2O/c13-11-5-1-9(2-6-11)10-3-7-12(14)8-4-10;/h1-8H;1H2. The summed E-state index contributed by atoms with van der Waals surface area (Å²) in [7, 11) is 0. The molecule has 0 amide bonds. The second-order valence-electron chi connectivity index (χ2n) is 3.01. The van der Waals surface area contributed by atoms with E-state index in [-0.39, 0.29) is 5.48 Å². The Balaban J connectivity index is 0.00000112. The third kappa shape index (κ3) is 3.42. The van der Waals surface area contributed by atoms with Gasteiger partial charge in [0.2, 0.25) is 0 Å². The Morgan fingerprint density at radius 2 is 0.800 bits per heavy atom. The van der Waals surface area contributed by atoms with Crippen molar-refractivity contribution in [3.63, 3.8) is 0 Å². The smallest absolute Gasteiger partial charge is 0.0130 e. The highest BCUT2D eigenvalue weighted by atomic mass is 127. The molecule has 3 heteroatoms. The zero-order chi connectivity index (χ0) is 9.97. The van der Waals surface area contributed by atoms with Gasteiger partial charge in [0.25, 0.3) is 0 Å². The van der Waals surface area contributed by atoms with Crippen molar-refractivity contribution in [1.29, 1.82) is 0 Å². The van der Waals surface area contributed by atoms with Gasteiger partial charge < -0.3 is 5.48 Å². The van der Waals surface area contributed by atoms with Crippen molar-refractivity contribution < 1.29 is 5.48 Å². The van der Waals surface area contributed by atoms with Crippen LogP contribution in [0.1, 0.15) is 0 Å². The lowest BCUT2D eigenvalue weighted by molar-refractivity contribution is 0.824. The molecule has 1 nitrogen and oxygen atoms in total. The van der Waals surface area contributed by atoms with Crippen molar-refractivity contribution in [1.82, 2.24) is 0 Å². The summed E-state index contributed by atoms with van der Waals surface area (Å²) < 4.78 is 2.55. The highest BCUT2D eigenvalue weighted by Gasteiger charge is 1.96. The van der Waals surface area contributed by atoms with Gasteiger partial charge in [-0.2, -0.15) is 0 Å². The molecule has 78 valence electrons. The van der Waals surface area contributed by atoms with Gasteiger partial charge in [0.1, 0.15) is 0 Å². The minimum absolute atomic E-state index is 0. The zero-order valence-corrected chi connectivity index (χ0v) is 12.2. The van der Waals surface area contributed by atoms with Crippen LogP contribution in [0.4, 0.5) is 0 Å². The maximum absolute atomic E-state index is 2.32. The first-order valence-electron chi connectivity index (χ1n) is 4.27. The molecular formula is C12H10I2O. The fourth-order valence-electron chi connectivity index (χ4n) is 1.28. The Kier molecular flexibility index (Phi) is 5.01. The summed E-state index contributed by atoms with van der Waals surface area (Å²) in [5.41, 5.74) is 2.56. The molecule has 2 N–H and O–H groups in total. The average Bonchev–Trinajstić information content (AvgIpc) is 2.21. The minimum atomic E-state index is 0. The number of benzene rings is 2. The second kappa shape index (κ2) is 5.81. The predicted molar refractivity (Wildman–Crippen MR) is 80.9 cm³/mol. The largest absolute Gasteiger partial charge is 0.412 e. The van der Waals surface area contributed by atoms with Crippen LogP contribution >= 0.6 is 45.2 Å². The fraction of sp³-hybridized carbons (Fsp3) is 0. The Morgan fingerprint density at radius 3 is 1.07 bits per heavy atom. The highest BCUT2D eigenvalue weighted by Crippen LogP contribution is 2.21. The fourth-order valence-corrected chi connectivity index (χ4v) is 2.00. The third-order valence-electron chi connectivity index (χ3n) is 2.02. The van der Waals surface area contributed by atoms with Crippen LogP contribution in [0, 0.1) is 7.14 Å². The van der Waals surface area contributed by atoms with E-state index in [1.807, 2.05) is 0 Å². The number of hydrogen-bond donors (Lipinski definition) is 0. The van der Waals surface area contributed by atoms with E-state index in [9.17, 15) is 0 Å². The molecule has 2 rings (SSSR count). The molecule has 2 aromatic rings. The van der Waals surface area contributed by atoms with E-state index in [4.69, 9.17) is 0 Å². The Labute approximate surface area is 116 Å². The van der Waals surface area contributed by atoms with Crippen molar-refractivity contribution in [2.75, 3.05) is 0 Å². The third-order valence-corrected chi connectivity index (χ3v) is 3.46. The molecule has 0 atom stereocenters. The van der Waals surface area contributed by atoms with E-state index in [0.29, 0.717) is 0 Å². The molecule has 15 heavy (non-hydrogen) atoms. The van der Waals surface area contributed by atoms with Gasteiger partial charge in [0.05, 0.1) is 0 Å². The van der Waals surface area contributed by atoms with Crippen molar-refractivity contribution in [2.24, 2.45) is 0 Å². The van der Waals surface area contributed by atoms with Crippen LogP contribution in [0.15, 0.2) is 48.5 Å². The van der Waals surface area contributed by atoms with Gasteiger partial charge >= 0.3 is 0 Å². The van der Waals surface area contributed by atoms with Gasteiger partial charge in [0, 0.05) is 7.14 Å². The van der Waals surface area contributed by atoms with Crippen LogP contribution in [0.25, 0.3) is 11.1 Å². The topological polar surface area (TPSA) is 31.5 Å². The molecular weight excluding hydrogens is 414 g/mol. The molecule has 0 bridgehead atoms. The minimum Gasteiger partial charge on any atom is -0.412 e. The molecule has 2 aromatic carbocycles. The lowest BCUT2D eigenvalue weighted by atomic mass is 10.1. The molecule has 0 heterocycles. The van der Waals surface area contributed by atoms with Gasteiger partial charge in [-0.1, -0.05) is 24.3 Å². The number of rotatable bonds is 1. The summed E-state index contributed by atoms with van der Waals surface area (Å²) in [5.74, 6) is 0. The van der Waals surface area contributed by atoms with Crippen LogP contribution < -0.4 is 0 Å². The Morgan fingerprint density at radius 1 is 0.533 bits per heavy atom. The molecule has 0 aliphatic rings.